The van der Waals surface area contributed by atoms with E-state index < -0.39 is 11.7 Å². The van der Waals surface area contributed by atoms with Crippen LogP contribution < -0.4 is 5.32 Å². The maximum Gasteiger partial charge on any atom is 0.416 e. The third kappa shape index (κ3) is 8.25. The minimum atomic E-state index is -4.25. The zero-order valence-corrected chi connectivity index (χ0v) is 14.7. The van der Waals surface area contributed by atoms with Gasteiger partial charge in [-0.3, -0.25) is 0 Å². The molecule has 1 aliphatic heterocycles. The molecule has 1 aliphatic rings. The van der Waals surface area contributed by atoms with Crippen LogP contribution in [0.3, 0.4) is 0 Å². The van der Waals surface area contributed by atoms with E-state index in [-0.39, 0.29) is 24.8 Å². The zero-order chi connectivity index (χ0) is 15.1. The van der Waals surface area contributed by atoms with Gasteiger partial charge in [0.2, 0.25) is 0 Å². The molecule has 0 bridgehead atoms. The Labute approximate surface area is 148 Å². The highest BCUT2D eigenvalue weighted by atomic mass is 35.5. The van der Waals surface area contributed by atoms with Gasteiger partial charge in [0.15, 0.2) is 0 Å². The van der Waals surface area contributed by atoms with Crippen molar-refractivity contribution in [1.82, 2.24) is 10.2 Å². The molecule has 1 aromatic carbocycles. The van der Waals surface area contributed by atoms with E-state index in [4.69, 9.17) is 0 Å². The van der Waals surface area contributed by atoms with Gasteiger partial charge >= 0.3 is 6.18 Å². The van der Waals surface area contributed by atoms with Gasteiger partial charge in [0, 0.05) is 19.6 Å². The van der Waals surface area contributed by atoms with Crippen molar-refractivity contribution in [3.05, 3.63) is 35.4 Å². The Hall–Kier alpha value is -0.490. The van der Waals surface area contributed by atoms with Gasteiger partial charge in [-0.2, -0.15) is 13.2 Å². The molecule has 0 atom stereocenters. The Kier molecular flexibility index (Phi) is 10.9. The van der Waals surface area contributed by atoms with E-state index in [1.54, 1.807) is 12.1 Å². The molecule has 0 amide bonds. The molecule has 0 saturated carbocycles. The van der Waals surface area contributed by atoms with Crippen molar-refractivity contribution >= 4 is 24.8 Å². The average molecular weight is 373 g/mol. The van der Waals surface area contributed by atoms with E-state index in [2.05, 4.69) is 10.2 Å². The van der Waals surface area contributed by atoms with Crippen molar-refractivity contribution < 1.29 is 13.2 Å². The lowest BCUT2D eigenvalue weighted by molar-refractivity contribution is -0.137. The number of halogens is 5. The highest BCUT2D eigenvalue weighted by molar-refractivity contribution is 5.85. The molecular formula is C16H25Cl2F3N2. The largest absolute Gasteiger partial charge is 0.416 e. The van der Waals surface area contributed by atoms with Gasteiger partial charge in [-0.15, -0.1) is 24.8 Å². The lowest BCUT2D eigenvalue weighted by Crippen LogP contribution is -2.32. The van der Waals surface area contributed by atoms with Gasteiger partial charge in [-0.1, -0.05) is 25.0 Å². The summed E-state index contributed by atoms with van der Waals surface area (Å²) in [5, 5.41) is 3.30. The molecule has 1 N–H and O–H groups in total. The van der Waals surface area contributed by atoms with Crippen LogP contribution >= 0.6 is 24.8 Å². The van der Waals surface area contributed by atoms with Crippen molar-refractivity contribution in [1.29, 1.82) is 0 Å². The monoisotopic (exact) mass is 372 g/mol. The molecule has 1 aromatic rings. The summed E-state index contributed by atoms with van der Waals surface area (Å²) in [6, 6.07) is 5.38. The predicted octanol–water partition coefficient (Wildman–Crippen LogP) is 4.51. The van der Waals surface area contributed by atoms with Gasteiger partial charge in [0.05, 0.1) is 5.56 Å². The molecule has 0 aliphatic carbocycles. The molecule has 1 heterocycles. The quantitative estimate of drug-likeness (QED) is 0.764. The van der Waals surface area contributed by atoms with Crippen LogP contribution in [0, 0.1) is 0 Å². The van der Waals surface area contributed by atoms with Crippen LogP contribution in [0.15, 0.2) is 24.3 Å². The Bertz CT molecular complexity index is 416. The van der Waals surface area contributed by atoms with Crippen LogP contribution in [-0.2, 0) is 12.7 Å². The molecule has 134 valence electrons. The van der Waals surface area contributed by atoms with Crippen LogP contribution in [0.5, 0.6) is 0 Å². The zero-order valence-electron chi connectivity index (χ0n) is 13.1. The lowest BCUT2D eigenvalue weighted by Gasteiger charge is -2.19. The molecule has 7 heteroatoms. The number of nitrogens with zero attached hydrogens (tertiary/aromatic N) is 1. The molecule has 2 rings (SSSR count). The first-order valence-corrected chi connectivity index (χ1v) is 7.65. The third-order valence-corrected chi connectivity index (χ3v) is 3.91. The fraction of sp³-hybridized carbons (Fsp3) is 0.625. The lowest BCUT2D eigenvalue weighted by atomic mass is 10.1. The summed E-state index contributed by atoms with van der Waals surface area (Å²) in [5.41, 5.74) is 0.301. The van der Waals surface area contributed by atoms with E-state index in [0.29, 0.717) is 6.54 Å². The van der Waals surface area contributed by atoms with Gasteiger partial charge in [-0.25, -0.2) is 0 Å². The second-order valence-electron chi connectivity index (χ2n) is 5.63. The molecule has 0 unspecified atom stereocenters. The van der Waals surface area contributed by atoms with Crippen molar-refractivity contribution in [3.63, 3.8) is 0 Å². The fourth-order valence-corrected chi connectivity index (χ4v) is 2.64. The van der Waals surface area contributed by atoms with E-state index in [0.717, 1.165) is 30.8 Å². The van der Waals surface area contributed by atoms with Gasteiger partial charge in [0.1, 0.15) is 0 Å². The fourth-order valence-electron chi connectivity index (χ4n) is 2.64. The summed E-state index contributed by atoms with van der Waals surface area (Å²) in [5.74, 6) is 0. The van der Waals surface area contributed by atoms with Crippen LogP contribution in [0.25, 0.3) is 0 Å². The first-order chi connectivity index (χ1) is 10.1. The van der Waals surface area contributed by atoms with Gasteiger partial charge in [-0.05, 0) is 43.6 Å². The molecule has 1 fully saturated rings. The number of alkyl halides is 3. The Balaban J connectivity index is 0.00000242. The highest BCUT2D eigenvalue weighted by Gasteiger charge is 2.29. The van der Waals surface area contributed by atoms with Gasteiger partial charge < -0.3 is 10.2 Å². The van der Waals surface area contributed by atoms with E-state index in [1.165, 1.54) is 38.8 Å². The summed E-state index contributed by atoms with van der Waals surface area (Å²) in [7, 11) is 0. The third-order valence-electron chi connectivity index (χ3n) is 3.91. The number of likely N-dealkylation sites (tertiary alicyclic amines) is 1. The molecule has 0 aromatic heterocycles. The number of hydrogen-bond acceptors (Lipinski definition) is 2. The first kappa shape index (κ1) is 22.5. The SMILES string of the molecule is Cl.Cl.FC(F)(F)c1ccc(CNCCN2CCCCCC2)cc1. The van der Waals surface area contributed by atoms with Crippen molar-refractivity contribution in [2.75, 3.05) is 26.2 Å². The van der Waals surface area contributed by atoms with Crippen molar-refractivity contribution in [3.8, 4) is 0 Å². The second-order valence-corrected chi connectivity index (χ2v) is 5.63. The van der Waals surface area contributed by atoms with E-state index in [1.807, 2.05) is 0 Å². The summed E-state index contributed by atoms with van der Waals surface area (Å²) < 4.78 is 37.3. The number of hydrogen-bond donors (Lipinski definition) is 1. The normalized spacial score (nSPS) is 16.1. The van der Waals surface area contributed by atoms with Crippen LogP contribution in [0.1, 0.15) is 36.8 Å². The van der Waals surface area contributed by atoms with E-state index >= 15 is 0 Å². The number of benzene rings is 1. The maximum atomic E-state index is 12.4. The Morgan fingerprint density at radius 2 is 1.48 bits per heavy atom. The maximum absolute atomic E-state index is 12.4. The Morgan fingerprint density at radius 1 is 0.913 bits per heavy atom. The summed E-state index contributed by atoms with van der Waals surface area (Å²) in [6.45, 7) is 4.84. The molecule has 23 heavy (non-hydrogen) atoms. The minimum absolute atomic E-state index is 0. The summed E-state index contributed by atoms with van der Waals surface area (Å²) >= 11 is 0. The van der Waals surface area contributed by atoms with E-state index in [9.17, 15) is 13.2 Å². The standard InChI is InChI=1S/C16H23F3N2.2ClH/c17-16(18,19)15-7-5-14(6-8-15)13-20-9-12-21-10-3-1-2-4-11-21;;/h5-8,20H,1-4,9-13H2;2*1H. The van der Waals surface area contributed by atoms with Crippen LogP contribution in [-0.4, -0.2) is 31.1 Å². The van der Waals surface area contributed by atoms with Crippen molar-refractivity contribution in [2.24, 2.45) is 0 Å². The molecule has 2 nitrogen and oxygen atoms in total. The summed E-state index contributed by atoms with van der Waals surface area (Å²) in [6.07, 6.45) is 0.960. The number of rotatable bonds is 5. The smallest absolute Gasteiger partial charge is 0.311 e. The number of nitrogens with one attached hydrogen (secondary N) is 1. The molecular weight excluding hydrogens is 348 g/mol. The first-order valence-electron chi connectivity index (χ1n) is 7.65. The highest BCUT2D eigenvalue weighted by Crippen LogP contribution is 2.28. The van der Waals surface area contributed by atoms with Crippen molar-refractivity contribution in [2.45, 2.75) is 38.4 Å². The molecule has 0 spiro atoms. The molecule has 0 radical (unpaired) electrons. The second kappa shape index (κ2) is 11.1. The topological polar surface area (TPSA) is 15.3 Å². The predicted molar refractivity (Wildman–Crippen MR) is 92.6 cm³/mol. The van der Waals surface area contributed by atoms with Crippen LogP contribution in [0.4, 0.5) is 13.2 Å². The molecule has 1 saturated heterocycles. The van der Waals surface area contributed by atoms with Crippen LogP contribution in [0.2, 0.25) is 0 Å². The Morgan fingerprint density at radius 3 is 2.00 bits per heavy atom. The average Bonchev–Trinajstić information content (AvgIpc) is 2.72. The minimum Gasteiger partial charge on any atom is -0.311 e. The summed E-state index contributed by atoms with van der Waals surface area (Å²) in [4.78, 5) is 2.47. The van der Waals surface area contributed by atoms with Gasteiger partial charge in [0.25, 0.3) is 0 Å².